The van der Waals surface area contributed by atoms with Crippen LogP contribution in [0.15, 0.2) is 52.6 Å². The van der Waals surface area contributed by atoms with Crippen LogP contribution in [-0.4, -0.2) is 13.3 Å². The Labute approximate surface area is 113 Å². The first-order valence-electron chi connectivity index (χ1n) is 6.44. The van der Waals surface area contributed by atoms with Gasteiger partial charge in [-0.1, -0.05) is 50.3 Å². The van der Waals surface area contributed by atoms with Crippen LogP contribution in [0.5, 0.6) is 0 Å². The van der Waals surface area contributed by atoms with Crippen molar-refractivity contribution >= 4 is 6.21 Å². The van der Waals surface area contributed by atoms with Crippen LogP contribution in [0.4, 0.5) is 0 Å². The summed E-state index contributed by atoms with van der Waals surface area (Å²) in [6, 6.07) is 0. The zero-order valence-corrected chi connectivity index (χ0v) is 12.7. The van der Waals surface area contributed by atoms with Crippen LogP contribution in [0.1, 0.15) is 34.6 Å². The molecule has 0 N–H and O–H groups in total. The van der Waals surface area contributed by atoms with E-state index in [-0.39, 0.29) is 0 Å². The lowest BCUT2D eigenvalue weighted by Crippen LogP contribution is -2.14. The highest BCUT2D eigenvalue weighted by atomic mass is 14.6. The van der Waals surface area contributed by atoms with E-state index < -0.39 is 0 Å². The summed E-state index contributed by atoms with van der Waals surface area (Å²) in [5, 5.41) is 0. The van der Waals surface area contributed by atoms with Crippen molar-refractivity contribution in [2.24, 2.45) is 16.8 Å². The van der Waals surface area contributed by atoms with E-state index in [1.54, 1.807) is 7.05 Å². The van der Waals surface area contributed by atoms with Gasteiger partial charge in [0.1, 0.15) is 0 Å². The lowest BCUT2D eigenvalue weighted by Gasteiger charge is -2.25. The highest BCUT2D eigenvalue weighted by molar-refractivity contribution is 5.85. The van der Waals surface area contributed by atoms with Crippen LogP contribution in [-0.2, 0) is 0 Å². The van der Waals surface area contributed by atoms with Crippen LogP contribution in [0.3, 0.4) is 0 Å². The fourth-order valence-electron chi connectivity index (χ4n) is 2.50. The molecule has 0 fully saturated rings. The van der Waals surface area contributed by atoms with Gasteiger partial charge in [0.05, 0.1) is 0 Å². The van der Waals surface area contributed by atoms with Gasteiger partial charge in [0.15, 0.2) is 0 Å². The van der Waals surface area contributed by atoms with Crippen molar-refractivity contribution in [1.29, 1.82) is 0 Å². The summed E-state index contributed by atoms with van der Waals surface area (Å²) in [5.74, 6) is 0.952. The van der Waals surface area contributed by atoms with Gasteiger partial charge >= 0.3 is 0 Å². The third-order valence-electron chi connectivity index (χ3n) is 3.15. The fraction of sp³-hybridized carbons (Fsp3) is 0.471. The van der Waals surface area contributed by atoms with E-state index in [2.05, 4.69) is 51.9 Å². The topological polar surface area (TPSA) is 12.4 Å². The molecule has 1 heteroatoms. The summed E-state index contributed by atoms with van der Waals surface area (Å²) in [5.41, 5.74) is 4.89. The smallest absolute Gasteiger partial charge is 0.0283 e. The normalized spacial score (nSPS) is 15.8. The number of hydrogen-bond donors (Lipinski definition) is 0. The van der Waals surface area contributed by atoms with E-state index >= 15 is 0 Å². The Bertz CT molecular complexity index is 392. The number of aliphatic imine (C=N–C) groups is 1. The van der Waals surface area contributed by atoms with E-state index in [0.717, 1.165) is 11.1 Å². The fourth-order valence-corrected chi connectivity index (χ4v) is 2.50. The molecule has 0 amide bonds. The lowest BCUT2D eigenvalue weighted by molar-refractivity contribution is 0.501. The molecule has 0 aromatic heterocycles. The summed E-state index contributed by atoms with van der Waals surface area (Å²) in [4.78, 5) is 4.14. The zero-order chi connectivity index (χ0) is 14.3. The number of hydrogen-bond acceptors (Lipinski definition) is 1. The molecule has 0 saturated carbocycles. The first-order valence-corrected chi connectivity index (χ1v) is 6.44. The Morgan fingerprint density at radius 3 is 2.06 bits per heavy atom. The SMILES string of the molecule is C=C/C=C(/C)C(/C(C)=C(\C=N/C)C(=C)C)C(C)C. The van der Waals surface area contributed by atoms with Crippen LogP contribution in [0.25, 0.3) is 0 Å². The van der Waals surface area contributed by atoms with Gasteiger partial charge in [-0.25, -0.2) is 0 Å². The highest BCUT2D eigenvalue weighted by Crippen LogP contribution is 2.31. The number of nitrogens with zero attached hydrogens (tertiary/aromatic N) is 1. The molecule has 0 aliphatic heterocycles. The maximum Gasteiger partial charge on any atom is 0.0283 e. The molecule has 0 rings (SSSR count). The van der Waals surface area contributed by atoms with Gasteiger partial charge in [-0.3, -0.25) is 4.99 Å². The molecule has 0 bridgehead atoms. The molecule has 0 aromatic rings. The van der Waals surface area contributed by atoms with Crippen LogP contribution < -0.4 is 0 Å². The van der Waals surface area contributed by atoms with Crippen molar-refractivity contribution in [3.63, 3.8) is 0 Å². The molecule has 0 aromatic carbocycles. The zero-order valence-electron chi connectivity index (χ0n) is 12.7. The van der Waals surface area contributed by atoms with Crippen molar-refractivity contribution < 1.29 is 0 Å². The van der Waals surface area contributed by atoms with E-state index in [1.165, 1.54) is 11.1 Å². The standard InChI is InChI=1S/C17H27N/c1-9-10-14(6)17(13(4)5)15(7)16(11-18-8)12(2)3/h9-11,13,17H,1-2H2,3-8H3/b14-10-,16-15+,18-11-. The average Bonchev–Trinajstić information content (AvgIpc) is 2.25. The third kappa shape index (κ3) is 4.48. The molecule has 0 saturated heterocycles. The molecule has 0 radical (unpaired) electrons. The summed E-state index contributed by atoms with van der Waals surface area (Å²) in [7, 11) is 1.80. The lowest BCUT2D eigenvalue weighted by atomic mass is 9.80. The molecule has 1 nitrogen and oxygen atoms in total. The quantitative estimate of drug-likeness (QED) is 0.462. The second-order valence-electron chi connectivity index (χ2n) is 5.13. The Hall–Kier alpha value is -1.37. The maximum atomic E-state index is 4.14. The van der Waals surface area contributed by atoms with Gasteiger partial charge in [-0.05, 0) is 37.8 Å². The van der Waals surface area contributed by atoms with Gasteiger partial charge in [0.25, 0.3) is 0 Å². The second-order valence-corrected chi connectivity index (χ2v) is 5.13. The third-order valence-corrected chi connectivity index (χ3v) is 3.15. The van der Waals surface area contributed by atoms with Crippen LogP contribution in [0, 0.1) is 11.8 Å². The van der Waals surface area contributed by atoms with Gasteiger partial charge in [-0.15, -0.1) is 0 Å². The Kier molecular flexibility index (Phi) is 7.26. The molecule has 100 valence electrons. The summed E-state index contributed by atoms with van der Waals surface area (Å²) in [6.45, 7) is 18.7. The minimum Gasteiger partial charge on any atom is -0.296 e. The van der Waals surface area contributed by atoms with E-state index in [0.29, 0.717) is 11.8 Å². The van der Waals surface area contributed by atoms with Gasteiger partial charge < -0.3 is 0 Å². The molecule has 0 spiro atoms. The van der Waals surface area contributed by atoms with Crippen molar-refractivity contribution in [2.45, 2.75) is 34.6 Å². The predicted octanol–water partition coefficient (Wildman–Crippen LogP) is 4.98. The van der Waals surface area contributed by atoms with Crippen molar-refractivity contribution in [3.8, 4) is 0 Å². The van der Waals surface area contributed by atoms with E-state index in [4.69, 9.17) is 0 Å². The van der Waals surface area contributed by atoms with Crippen molar-refractivity contribution in [1.82, 2.24) is 0 Å². The average molecular weight is 245 g/mol. The first kappa shape index (κ1) is 16.6. The highest BCUT2D eigenvalue weighted by Gasteiger charge is 2.19. The number of rotatable bonds is 6. The molecular formula is C17H27N. The van der Waals surface area contributed by atoms with Gasteiger partial charge in [0, 0.05) is 19.2 Å². The van der Waals surface area contributed by atoms with Crippen LogP contribution in [0.2, 0.25) is 0 Å². The van der Waals surface area contributed by atoms with Crippen molar-refractivity contribution in [2.75, 3.05) is 7.05 Å². The van der Waals surface area contributed by atoms with Crippen LogP contribution >= 0.6 is 0 Å². The molecule has 18 heavy (non-hydrogen) atoms. The van der Waals surface area contributed by atoms with Gasteiger partial charge in [0.2, 0.25) is 0 Å². The minimum absolute atomic E-state index is 0.410. The maximum absolute atomic E-state index is 4.14. The molecule has 1 atom stereocenters. The predicted molar refractivity (Wildman–Crippen MR) is 84.2 cm³/mol. The molecule has 0 aliphatic rings. The van der Waals surface area contributed by atoms with Crippen molar-refractivity contribution in [3.05, 3.63) is 47.6 Å². The van der Waals surface area contributed by atoms with Gasteiger partial charge in [-0.2, -0.15) is 0 Å². The molecule has 0 heterocycles. The summed E-state index contributed by atoms with van der Waals surface area (Å²) >= 11 is 0. The molecular weight excluding hydrogens is 218 g/mol. The monoisotopic (exact) mass is 245 g/mol. The summed E-state index contributed by atoms with van der Waals surface area (Å²) in [6.07, 6.45) is 5.86. The van der Waals surface area contributed by atoms with E-state index in [1.807, 2.05) is 19.2 Å². The Morgan fingerprint density at radius 2 is 1.72 bits per heavy atom. The number of allylic oxidation sites excluding steroid dienone is 6. The second kappa shape index (κ2) is 7.86. The molecule has 1 unspecified atom stereocenters. The first-order chi connectivity index (χ1) is 8.36. The minimum atomic E-state index is 0.410. The van der Waals surface area contributed by atoms with E-state index in [9.17, 15) is 0 Å². The Balaban J connectivity index is 5.74. The molecule has 0 aliphatic carbocycles. The summed E-state index contributed by atoms with van der Waals surface area (Å²) < 4.78 is 0. The Morgan fingerprint density at radius 1 is 1.17 bits per heavy atom. The largest absolute Gasteiger partial charge is 0.296 e.